The van der Waals surface area contributed by atoms with Gasteiger partial charge in [-0.2, -0.15) is 9.78 Å². The SMILES string of the molecule is C[C@H]1[C@H]([Si](C)(C)F)[C@@H](CCn2cc(CCO)nn2)O[C@]12C(=O)N(Cc1cccc(-n3ncc4ccccc4c3=O)c1)c1ccc(Cl)cc12. The zero-order chi connectivity index (χ0) is 33.8. The lowest BCUT2D eigenvalue weighted by Gasteiger charge is -2.31. The number of hydrogen-bond acceptors (Lipinski definition) is 7. The molecule has 3 aromatic carbocycles. The van der Waals surface area contributed by atoms with Crippen molar-refractivity contribution in [3.63, 3.8) is 0 Å². The van der Waals surface area contributed by atoms with Gasteiger partial charge in [0.05, 0.1) is 41.3 Å². The predicted octanol–water partition coefficient (Wildman–Crippen LogP) is 5.58. The molecule has 248 valence electrons. The molecular formula is C35H36ClFN6O4Si. The number of nitrogens with zero attached hydrogens (tertiary/aromatic N) is 6. The fraction of sp³-hybridized carbons (Fsp3) is 0.343. The van der Waals surface area contributed by atoms with E-state index in [1.807, 2.05) is 49.4 Å². The molecule has 48 heavy (non-hydrogen) atoms. The van der Waals surface area contributed by atoms with Crippen LogP contribution in [0.2, 0.25) is 23.7 Å². The smallest absolute Gasteiger partial charge is 0.279 e. The van der Waals surface area contributed by atoms with Gasteiger partial charge >= 0.3 is 0 Å². The van der Waals surface area contributed by atoms with Gasteiger partial charge in [-0.3, -0.25) is 14.3 Å². The Bertz CT molecular complexity index is 2080. The Morgan fingerprint density at radius 1 is 1.08 bits per heavy atom. The van der Waals surface area contributed by atoms with Crippen LogP contribution in [0, 0.1) is 5.92 Å². The van der Waals surface area contributed by atoms with Crippen LogP contribution in [0.15, 0.2) is 83.9 Å². The summed E-state index contributed by atoms with van der Waals surface area (Å²) in [6.45, 7) is 5.84. The lowest BCUT2D eigenvalue weighted by molar-refractivity contribution is -0.146. The van der Waals surface area contributed by atoms with Crippen LogP contribution in [0.5, 0.6) is 0 Å². The maximum absolute atomic E-state index is 16.2. The molecule has 4 heterocycles. The Labute approximate surface area is 282 Å². The van der Waals surface area contributed by atoms with E-state index in [0.29, 0.717) is 52.4 Å². The van der Waals surface area contributed by atoms with E-state index in [0.717, 1.165) is 10.9 Å². The molecular weight excluding hydrogens is 651 g/mol. The fourth-order valence-electron chi connectivity index (χ4n) is 7.63. The summed E-state index contributed by atoms with van der Waals surface area (Å²) in [4.78, 5) is 29.8. The van der Waals surface area contributed by atoms with Crippen LogP contribution in [-0.2, 0) is 34.6 Å². The zero-order valence-electron chi connectivity index (χ0n) is 26.9. The van der Waals surface area contributed by atoms with E-state index in [1.165, 1.54) is 4.68 Å². The Hall–Kier alpha value is -4.23. The van der Waals surface area contributed by atoms with E-state index in [4.69, 9.17) is 16.3 Å². The van der Waals surface area contributed by atoms with E-state index in [-0.39, 0.29) is 24.6 Å². The summed E-state index contributed by atoms with van der Waals surface area (Å²) in [5.74, 6) is -0.744. The summed E-state index contributed by atoms with van der Waals surface area (Å²) >= 11 is 6.54. The number of hydrogen-bond donors (Lipinski definition) is 1. The van der Waals surface area contributed by atoms with Crippen molar-refractivity contribution in [3.05, 3.63) is 111 Å². The third-order valence-corrected chi connectivity index (χ3v) is 12.4. The summed E-state index contributed by atoms with van der Waals surface area (Å²) in [7, 11) is -3.37. The first-order valence-corrected chi connectivity index (χ1v) is 19.4. The maximum Gasteiger partial charge on any atom is 0.279 e. The highest BCUT2D eigenvalue weighted by Crippen LogP contribution is 2.60. The van der Waals surface area contributed by atoms with E-state index in [1.54, 1.807) is 59.3 Å². The minimum Gasteiger partial charge on any atom is -0.396 e. The number of fused-ring (bicyclic) bond motifs is 3. The van der Waals surface area contributed by atoms with Crippen molar-refractivity contribution in [1.29, 1.82) is 0 Å². The number of anilines is 1. The normalized spacial score (nSPS) is 22.2. The number of rotatable bonds is 9. The molecule has 1 amide bonds. The average molecular weight is 687 g/mol. The molecule has 1 fully saturated rings. The molecule has 10 nitrogen and oxygen atoms in total. The average Bonchev–Trinajstić information content (AvgIpc) is 3.70. The number of halogens is 2. The standard InChI is InChI=1S/C35H36ClFN6O4Si/c1-22-32(48(2,3)37)31(13-15-41-21-26(14-16-44)39-40-41)47-35(22)29-18-25(36)11-12-30(29)42(34(35)46)20-23-7-6-9-27(17-23)43-33(45)28-10-5-4-8-24(28)19-38-43/h4-12,17-19,21-22,31-32,44H,13-16,20H2,1-3H3/t22-,31+,32-,35+/m0/s1. The van der Waals surface area contributed by atoms with Crippen molar-refractivity contribution in [1.82, 2.24) is 24.8 Å². The molecule has 1 saturated heterocycles. The summed E-state index contributed by atoms with van der Waals surface area (Å²) < 4.78 is 26.1. The van der Waals surface area contributed by atoms with Crippen LogP contribution in [0.25, 0.3) is 16.5 Å². The van der Waals surface area contributed by atoms with Crippen LogP contribution >= 0.6 is 11.6 Å². The van der Waals surface area contributed by atoms with Crippen molar-refractivity contribution in [3.8, 4) is 5.69 Å². The lowest BCUT2D eigenvalue weighted by atomic mass is 9.82. The van der Waals surface area contributed by atoms with Gasteiger partial charge < -0.3 is 18.9 Å². The van der Waals surface area contributed by atoms with Crippen molar-refractivity contribution < 1.29 is 18.7 Å². The number of aryl methyl sites for hydroxylation is 1. The first kappa shape index (κ1) is 32.3. The largest absolute Gasteiger partial charge is 0.396 e. The predicted molar refractivity (Wildman–Crippen MR) is 183 cm³/mol. The molecule has 5 aromatic rings. The Morgan fingerprint density at radius 2 is 1.90 bits per heavy atom. The minimum atomic E-state index is -3.37. The topological polar surface area (TPSA) is 115 Å². The number of ether oxygens (including phenoxy) is 1. The number of amides is 1. The van der Waals surface area contributed by atoms with Gasteiger partial charge in [0.2, 0.25) is 8.41 Å². The van der Waals surface area contributed by atoms with E-state index in [2.05, 4.69) is 15.4 Å². The third kappa shape index (κ3) is 5.46. The van der Waals surface area contributed by atoms with Crippen LogP contribution in [-0.4, -0.2) is 56.9 Å². The molecule has 0 unspecified atom stereocenters. The summed E-state index contributed by atoms with van der Waals surface area (Å²) in [6.07, 6.45) is 3.70. The summed E-state index contributed by atoms with van der Waals surface area (Å²) in [6, 6.07) is 20.0. The van der Waals surface area contributed by atoms with Gasteiger partial charge in [-0.25, -0.2) is 0 Å². The van der Waals surface area contributed by atoms with Crippen LogP contribution in [0.3, 0.4) is 0 Å². The quantitative estimate of drug-likeness (QED) is 0.159. The molecule has 1 spiro atoms. The van der Waals surface area contributed by atoms with Crippen molar-refractivity contribution >= 4 is 42.4 Å². The Kier molecular flexibility index (Phi) is 8.31. The van der Waals surface area contributed by atoms with Crippen LogP contribution in [0.1, 0.15) is 30.2 Å². The molecule has 2 aliphatic heterocycles. The molecule has 2 aromatic heterocycles. The number of benzene rings is 3. The van der Waals surface area contributed by atoms with Crippen molar-refractivity contribution in [2.45, 2.75) is 63.2 Å². The first-order valence-electron chi connectivity index (χ1n) is 16.1. The molecule has 13 heteroatoms. The van der Waals surface area contributed by atoms with Gasteiger partial charge in [-0.05, 0) is 61.5 Å². The molecule has 2 aliphatic rings. The second-order valence-electron chi connectivity index (χ2n) is 13.2. The lowest BCUT2D eigenvalue weighted by Crippen LogP contribution is -2.45. The third-order valence-electron chi connectivity index (χ3n) is 9.71. The Balaban J connectivity index is 1.22. The molecule has 4 atom stereocenters. The first-order chi connectivity index (χ1) is 23.0. The van der Waals surface area contributed by atoms with Gasteiger partial charge in [0, 0.05) is 53.2 Å². The molecule has 1 N–H and O–H groups in total. The second kappa shape index (κ2) is 12.3. The van der Waals surface area contributed by atoms with Crippen molar-refractivity contribution in [2.24, 2.45) is 5.92 Å². The Morgan fingerprint density at radius 3 is 2.69 bits per heavy atom. The highest BCUT2D eigenvalue weighted by Gasteiger charge is 2.66. The second-order valence-corrected chi connectivity index (χ2v) is 17.4. The number of aromatic nitrogens is 5. The number of carbonyl (C=O) groups excluding carboxylic acids is 1. The summed E-state index contributed by atoms with van der Waals surface area (Å²) in [5.41, 5.74) is 1.17. The number of aliphatic hydroxyl groups is 1. The highest BCUT2D eigenvalue weighted by molar-refractivity contribution is 6.72. The molecule has 0 radical (unpaired) electrons. The van der Waals surface area contributed by atoms with E-state index < -0.39 is 31.6 Å². The maximum atomic E-state index is 16.2. The number of carbonyl (C=O) groups is 1. The molecule has 7 rings (SSSR count). The fourth-order valence-corrected chi connectivity index (χ4v) is 10.3. The molecule has 0 aliphatic carbocycles. The van der Waals surface area contributed by atoms with E-state index in [9.17, 15) is 14.7 Å². The van der Waals surface area contributed by atoms with Gasteiger partial charge in [-0.1, -0.05) is 54.1 Å². The van der Waals surface area contributed by atoms with Gasteiger partial charge in [0.15, 0.2) is 5.60 Å². The van der Waals surface area contributed by atoms with E-state index >= 15 is 4.11 Å². The van der Waals surface area contributed by atoms with Gasteiger partial charge in [-0.15, -0.1) is 5.10 Å². The monoisotopic (exact) mass is 686 g/mol. The van der Waals surface area contributed by atoms with Gasteiger partial charge in [0.1, 0.15) is 0 Å². The minimum absolute atomic E-state index is 0.0299. The van der Waals surface area contributed by atoms with Crippen LogP contribution in [0.4, 0.5) is 9.80 Å². The zero-order valence-corrected chi connectivity index (χ0v) is 28.6. The highest BCUT2D eigenvalue weighted by atomic mass is 35.5. The summed E-state index contributed by atoms with van der Waals surface area (Å²) in [5, 5.41) is 23.7. The molecule has 0 bridgehead atoms. The van der Waals surface area contributed by atoms with Crippen LogP contribution < -0.4 is 10.5 Å². The molecule has 0 saturated carbocycles. The number of aliphatic hydroxyl groups excluding tert-OH is 1. The van der Waals surface area contributed by atoms with Gasteiger partial charge in [0.25, 0.3) is 11.5 Å². The van der Waals surface area contributed by atoms with Crippen molar-refractivity contribution in [2.75, 3.05) is 11.5 Å².